The predicted molar refractivity (Wildman–Crippen MR) is 157 cm³/mol. The zero-order valence-corrected chi connectivity index (χ0v) is 24.7. The summed E-state index contributed by atoms with van der Waals surface area (Å²) < 4.78 is 16.6. The van der Waals surface area contributed by atoms with Gasteiger partial charge in [-0.05, 0) is 57.3 Å². The van der Waals surface area contributed by atoms with E-state index in [1.54, 1.807) is 12.1 Å². The normalized spacial score (nSPS) is 18.2. The first-order valence-corrected chi connectivity index (χ1v) is 13.8. The Balaban J connectivity index is 1.67. The molecule has 3 aromatic carbocycles. The number of hydrogen-bond acceptors (Lipinski definition) is 6. The Morgan fingerprint density at radius 2 is 1.51 bits per heavy atom. The fourth-order valence-corrected chi connectivity index (χ4v) is 5.30. The minimum atomic E-state index is -0.808. The Morgan fingerprint density at radius 3 is 2.15 bits per heavy atom. The number of benzene rings is 3. The van der Waals surface area contributed by atoms with Crippen LogP contribution in [0.4, 0.5) is 0 Å². The first-order chi connectivity index (χ1) is 19.3. The summed E-state index contributed by atoms with van der Waals surface area (Å²) in [6.07, 6.45) is 0. The maximum absolute atomic E-state index is 13.7. The average molecular weight is 556 g/mol. The molecule has 7 nitrogen and oxygen atoms in total. The predicted octanol–water partition coefficient (Wildman–Crippen LogP) is 6.64. The number of aliphatic hydroxyl groups is 1. The summed E-state index contributed by atoms with van der Waals surface area (Å²) in [5.41, 5.74) is 3.70. The highest BCUT2D eigenvalue weighted by atomic mass is 16.7. The Bertz CT molecular complexity index is 1540. The van der Waals surface area contributed by atoms with Gasteiger partial charge >= 0.3 is 0 Å². The number of amides is 1. The van der Waals surface area contributed by atoms with Crippen molar-refractivity contribution in [1.82, 2.24) is 4.90 Å². The number of carbonyl (C=O) groups is 2. The molecule has 1 atom stereocenters. The molecule has 2 aliphatic rings. The first-order valence-electron chi connectivity index (χ1n) is 13.8. The second-order valence-electron chi connectivity index (χ2n) is 12.7. The van der Waals surface area contributed by atoms with Gasteiger partial charge in [0, 0.05) is 6.54 Å². The van der Waals surface area contributed by atoms with E-state index in [4.69, 9.17) is 14.2 Å². The lowest BCUT2D eigenvalue weighted by Crippen LogP contribution is -2.29. The number of likely N-dealkylation sites (tertiary alicyclic amines) is 1. The standard InChI is InChI=1S/C34H37NO6/c1-33(2,3)22-11-9-21(10-12-22)29-28(30(36)24-17-23(34(4,5)6)13-15-25(24)39-7)31(37)32(38)35(29)18-20-8-14-26-27(16-20)41-19-40-26/h8-17,29,36H,18-19H2,1-7H3/b30-28+. The van der Waals surface area contributed by atoms with E-state index >= 15 is 0 Å². The lowest BCUT2D eigenvalue weighted by atomic mass is 9.84. The third kappa shape index (κ3) is 5.29. The fourth-order valence-electron chi connectivity index (χ4n) is 5.30. The molecule has 5 rings (SSSR count). The molecule has 0 bridgehead atoms. The number of rotatable bonds is 5. The van der Waals surface area contributed by atoms with Crippen molar-refractivity contribution in [2.24, 2.45) is 0 Å². The van der Waals surface area contributed by atoms with Crippen LogP contribution in [0, 0.1) is 0 Å². The molecule has 2 aliphatic heterocycles. The summed E-state index contributed by atoms with van der Waals surface area (Å²) in [5, 5.41) is 11.8. The lowest BCUT2D eigenvalue weighted by Gasteiger charge is -2.27. The van der Waals surface area contributed by atoms with Gasteiger partial charge in [0.05, 0.1) is 24.3 Å². The molecule has 7 heteroatoms. The average Bonchev–Trinajstić information content (AvgIpc) is 3.49. The summed E-state index contributed by atoms with van der Waals surface area (Å²) in [6, 6.07) is 18.1. The molecule has 0 aliphatic carbocycles. The van der Waals surface area contributed by atoms with Crippen LogP contribution in [0.15, 0.2) is 66.2 Å². The SMILES string of the molecule is COc1ccc(C(C)(C)C)cc1/C(O)=C1\C(=O)C(=O)N(Cc2ccc3c(c2)OCO3)C1c1ccc(C(C)(C)C)cc1. The summed E-state index contributed by atoms with van der Waals surface area (Å²) >= 11 is 0. The van der Waals surface area contributed by atoms with Crippen molar-refractivity contribution in [1.29, 1.82) is 0 Å². The van der Waals surface area contributed by atoms with Gasteiger partial charge in [-0.3, -0.25) is 9.59 Å². The zero-order valence-electron chi connectivity index (χ0n) is 24.7. The quantitative estimate of drug-likeness (QED) is 0.216. The maximum Gasteiger partial charge on any atom is 0.295 e. The van der Waals surface area contributed by atoms with Crippen molar-refractivity contribution in [2.75, 3.05) is 13.9 Å². The molecule has 3 aromatic rings. The van der Waals surface area contributed by atoms with Gasteiger partial charge in [-0.25, -0.2) is 0 Å². The molecule has 214 valence electrons. The lowest BCUT2D eigenvalue weighted by molar-refractivity contribution is -0.140. The number of nitrogens with zero attached hydrogens (tertiary/aromatic N) is 1. The summed E-state index contributed by atoms with van der Waals surface area (Å²) in [7, 11) is 1.52. The highest BCUT2D eigenvalue weighted by Crippen LogP contribution is 2.43. The number of fused-ring (bicyclic) bond motifs is 1. The first kappa shape index (κ1) is 28.3. The minimum Gasteiger partial charge on any atom is -0.507 e. The molecule has 1 fully saturated rings. The molecule has 1 saturated heterocycles. The van der Waals surface area contributed by atoms with Gasteiger partial charge in [-0.1, -0.05) is 77.9 Å². The third-order valence-corrected chi connectivity index (χ3v) is 7.74. The summed E-state index contributed by atoms with van der Waals surface area (Å²) in [6.45, 7) is 12.9. The van der Waals surface area contributed by atoms with Gasteiger partial charge in [0.1, 0.15) is 11.5 Å². The van der Waals surface area contributed by atoms with Crippen LogP contribution in [0.1, 0.15) is 75.4 Å². The maximum atomic E-state index is 13.7. The Kier molecular flexibility index (Phi) is 7.10. The van der Waals surface area contributed by atoms with Crippen LogP contribution in [0.2, 0.25) is 0 Å². The number of aliphatic hydroxyl groups excluding tert-OH is 1. The van der Waals surface area contributed by atoms with Crippen molar-refractivity contribution in [2.45, 2.75) is 65.0 Å². The number of hydrogen-bond donors (Lipinski definition) is 1. The molecular weight excluding hydrogens is 518 g/mol. The Hall–Kier alpha value is -4.26. The van der Waals surface area contributed by atoms with Gasteiger partial charge in [0.15, 0.2) is 11.5 Å². The highest BCUT2D eigenvalue weighted by molar-refractivity contribution is 6.46. The van der Waals surface area contributed by atoms with E-state index in [1.165, 1.54) is 12.0 Å². The van der Waals surface area contributed by atoms with E-state index in [9.17, 15) is 14.7 Å². The van der Waals surface area contributed by atoms with Crippen LogP contribution < -0.4 is 14.2 Å². The van der Waals surface area contributed by atoms with Crippen molar-refractivity contribution in [3.8, 4) is 17.2 Å². The van der Waals surface area contributed by atoms with E-state index in [2.05, 4.69) is 41.5 Å². The van der Waals surface area contributed by atoms with E-state index in [0.717, 1.165) is 22.3 Å². The molecule has 0 radical (unpaired) electrons. The van der Waals surface area contributed by atoms with Crippen LogP contribution >= 0.6 is 0 Å². The molecule has 0 saturated carbocycles. The summed E-state index contributed by atoms with van der Waals surface area (Å²) in [4.78, 5) is 28.8. The number of ether oxygens (including phenoxy) is 3. The third-order valence-electron chi connectivity index (χ3n) is 7.74. The van der Waals surface area contributed by atoms with Crippen LogP contribution in [0.5, 0.6) is 17.2 Å². The molecule has 41 heavy (non-hydrogen) atoms. The van der Waals surface area contributed by atoms with Crippen LogP contribution in [-0.2, 0) is 27.0 Å². The van der Waals surface area contributed by atoms with E-state index in [-0.39, 0.29) is 35.5 Å². The van der Waals surface area contributed by atoms with Crippen molar-refractivity contribution in [3.05, 3.63) is 94.1 Å². The molecular formula is C34H37NO6. The molecule has 2 heterocycles. The van der Waals surface area contributed by atoms with Gasteiger partial charge in [-0.2, -0.15) is 0 Å². The Morgan fingerprint density at radius 1 is 0.878 bits per heavy atom. The number of Topliss-reactive ketones (excluding diaryl/α,β-unsaturated/α-hetero) is 1. The van der Waals surface area contributed by atoms with Crippen LogP contribution in [0.3, 0.4) is 0 Å². The van der Waals surface area contributed by atoms with Crippen LogP contribution in [-0.4, -0.2) is 35.6 Å². The van der Waals surface area contributed by atoms with E-state index in [1.807, 2.05) is 48.5 Å². The van der Waals surface area contributed by atoms with Gasteiger partial charge < -0.3 is 24.2 Å². The zero-order chi connectivity index (χ0) is 29.7. The topological polar surface area (TPSA) is 85.3 Å². The second kappa shape index (κ2) is 10.3. The number of methoxy groups -OCH3 is 1. The largest absolute Gasteiger partial charge is 0.507 e. The fraction of sp³-hybridized carbons (Fsp3) is 0.353. The molecule has 1 unspecified atom stereocenters. The van der Waals surface area contributed by atoms with Crippen molar-refractivity contribution in [3.63, 3.8) is 0 Å². The number of ketones is 1. The molecule has 0 aromatic heterocycles. The van der Waals surface area contributed by atoms with E-state index < -0.39 is 17.7 Å². The minimum absolute atomic E-state index is 0.0311. The molecule has 1 amide bonds. The molecule has 1 N–H and O–H groups in total. The monoisotopic (exact) mass is 555 g/mol. The van der Waals surface area contributed by atoms with Gasteiger partial charge in [0.2, 0.25) is 6.79 Å². The molecule has 0 spiro atoms. The van der Waals surface area contributed by atoms with Gasteiger partial charge in [0.25, 0.3) is 11.7 Å². The van der Waals surface area contributed by atoms with E-state index in [0.29, 0.717) is 22.8 Å². The second-order valence-corrected chi connectivity index (χ2v) is 12.7. The van der Waals surface area contributed by atoms with Crippen molar-refractivity contribution >= 4 is 17.4 Å². The van der Waals surface area contributed by atoms with Crippen LogP contribution in [0.25, 0.3) is 5.76 Å². The smallest absolute Gasteiger partial charge is 0.295 e. The van der Waals surface area contributed by atoms with Gasteiger partial charge in [-0.15, -0.1) is 0 Å². The number of carbonyl (C=O) groups excluding carboxylic acids is 2. The Labute approximate surface area is 241 Å². The summed E-state index contributed by atoms with van der Waals surface area (Å²) in [5.74, 6) is -0.0371. The highest BCUT2D eigenvalue weighted by Gasteiger charge is 2.46. The van der Waals surface area contributed by atoms with Crippen molar-refractivity contribution < 1.29 is 28.9 Å².